The molecule has 1 aromatic rings. The number of nitrogens with one attached hydrogen (secondary N) is 1. The summed E-state index contributed by atoms with van der Waals surface area (Å²) in [5.41, 5.74) is 3.86. The van der Waals surface area contributed by atoms with E-state index in [9.17, 15) is 13.6 Å². The first-order chi connectivity index (χ1) is 8.93. The molecule has 3 N–H and O–H groups in total. The van der Waals surface area contributed by atoms with E-state index in [0.29, 0.717) is 6.54 Å². The van der Waals surface area contributed by atoms with Crippen LogP contribution in [0.2, 0.25) is 0 Å². The van der Waals surface area contributed by atoms with Gasteiger partial charge in [0.15, 0.2) is 0 Å². The van der Waals surface area contributed by atoms with Gasteiger partial charge in [-0.05, 0) is 25.1 Å². The maximum atomic E-state index is 12.2. The minimum atomic E-state index is -2.34. The lowest BCUT2D eigenvalue weighted by molar-refractivity contribution is -0.122. The van der Waals surface area contributed by atoms with Crippen molar-refractivity contribution in [3.05, 3.63) is 35.4 Å². The van der Waals surface area contributed by atoms with E-state index in [1.54, 1.807) is 18.9 Å². The number of hydrogen-bond donors (Lipinski definition) is 2. The van der Waals surface area contributed by atoms with Crippen LogP contribution in [0.3, 0.4) is 0 Å². The summed E-state index contributed by atoms with van der Waals surface area (Å²) in [6.07, 6.45) is -2.34. The molecular formula is C13H19F2N3O. The van der Waals surface area contributed by atoms with E-state index in [-0.39, 0.29) is 18.4 Å². The third-order valence-corrected chi connectivity index (χ3v) is 2.92. The number of benzene rings is 1. The second-order valence-corrected chi connectivity index (χ2v) is 4.56. The highest BCUT2D eigenvalue weighted by atomic mass is 19.3. The minimum Gasteiger partial charge on any atom is -0.297 e. The molecular weight excluding hydrogens is 252 g/mol. The topological polar surface area (TPSA) is 58.4 Å². The van der Waals surface area contributed by atoms with E-state index in [4.69, 9.17) is 5.84 Å². The Morgan fingerprint density at radius 3 is 2.42 bits per heavy atom. The quantitative estimate of drug-likeness (QED) is 0.468. The van der Waals surface area contributed by atoms with Crippen LogP contribution in [0, 0.1) is 0 Å². The third kappa shape index (κ3) is 4.92. The van der Waals surface area contributed by atoms with Gasteiger partial charge in [-0.2, -0.15) is 0 Å². The predicted octanol–water partition coefficient (Wildman–Crippen LogP) is 1.48. The summed E-state index contributed by atoms with van der Waals surface area (Å²) in [5.74, 6) is 4.48. The van der Waals surface area contributed by atoms with Gasteiger partial charge in [-0.3, -0.25) is 15.1 Å². The zero-order valence-corrected chi connectivity index (χ0v) is 11.1. The van der Waals surface area contributed by atoms with E-state index in [1.807, 2.05) is 24.3 Å². The van der Waals surface area contributed by atoms with Crippen LogP contribution in [0.4, 0.5) is 8.78 Å². The highest BCUT2D eigenvalue weighted by molar-refractivity contribution is 5.82. The summed E-state index contributed by atoms with van der Waals surface area (Å²) in [5, 5.41) is 0. The zero-order chi connectivity index (χ0) is 14.4. The second kappa shape index (κ2) is 7.16. The van der Waals surface area contributed by atoms with Gasteiger partial charge in [0.25, 0.3) is 6.43 Å². The number of hydrazine groups is 1. The second-order valence-electron chi connectivity index (χ2n) is 4.56. The Labute approximate surface area is 111 Å². The van der Waals surface area contributed by atoms with Crippen molar-refractivity contribution in [2.75, 3.05) is 13.6 Å². The Morgan fingerprint density at radius 2 is 1.95 bits per heavy atom. The van der Waals surface area contributed by atoms with Gasteiger partial charge in [0.1, 0.15) is 0 Å². The molecule has 106 valence electrons. The number of nitrogens with two attached hydrogens (primary N) is 1. The van der Waals surface area contributed by atoms with Crippen LogP contribution < -0.4 is 11.3 Å². The summed E-state index contributed by atoms with van der Waals surface area (Å²) < 4.78 is 24.4. The number of carbonyl (C=O) groups excluding carboxylic acids is 1. The van der Waals surface area contributed by atoms with Crippen LogP contribution in [0.25, 0.3) is 0 Å². The van der Waals surface area contributed by atoms with Crippen molar-refractivity contribution in [2.45, 2.75) is 25.8 Å². The molecule has 6 heteroatoms. The first kappa shape index (κ1) is 15.5. The summed E-state index contributed by atoms with van der Waals surface area (Å²) in [4.78, 5) is 12.9. The highest BCUT2D eigenvalue weighted by Gasteiger charge is 2.14. The summed E-state index contributed by atoms with van der Waals surface area (Å²) in [6.45, 7) is 1.94. The van der Waals surface area contributed by atoms with Crippen molar-refractivity contribution >= 4 is 5.91 Å². The molecule has 4 nitrogen and oxygen atoms in total. The van der Waals surface area contributed by atoms with Crippen LogP contribution in [0.1, 0.15) is 24.0 Å². The number of halogens is 2. The van der Waals surface area contributed by atoms with E-state index < -0.39 is 6.43 Å². The molecule has 0 aliphatic rings. The molecule has 0 bridgehead atoms. The molecule has 0 aromatic heterocycles. The number of alkyl halides is 2. The van der Waals surface area contributed by atoms with Gasteiger partial charge in [-0.15, -0.1) is 0 Å². The molecule has 0 saturated heterocycles. The Balaban J connectivity index is 2.63. The fourth-order valence-corrected chi connectivity index (χ4v) is 1.80. The first-order valence-electron chi connectivity index (χ1n) is 6.00. The van der Waals surface area contributed by atoms with E-state index in [2.05, 4.69) is 5.43 Å². The molecule has 0 fully saturated rings. The van der Waals surface area contributed by atoms with Gasteiger partial charge < -0.3 is 0 Å². The SMILES string of the molecule is CC(C(=O)NN)c1ccc(CN(C)CC(F)F)cc1. The fourth-order valence-electron chi connectivity index (χ4n) is 1.80. The van der Waals surface area contributed by atoms with Gasteiger partial charge in [0, 0.05) is 6.54 Å². The lowest BCUT2D eigenvalue weighted by atomic mass is 9.99. The zero-order valence-electron chi connectivity index (χ0n) is 11.1. The third-order valence-electron chi connectivity index (χ3n) is 2.92. The lowest BCUT2D eigenvalue weighted by Gasteiger charge is -2.16. The normalized spacial score (nSPS) is 12.8. The fraction of sp³-hybridized carbons (Fsp3) is 0.462. The summed E-state index contributed by atoms with van der Waals surface area (Å²) >= 11 is 0. The largest absolute Gasteiger partial charge is 0.297 e. The molecule has 0 aliphatic heterocycles. The molecule has 1 aromatic carbocycles. The molecule has 1 rings (SSSR count). The van der Waals surface area contributed by atoms with Crippen LogP contribution in [0.5, 0.6) is 0 Å². The lowest BCUT2D eigenvalue weighted by Crippen LogP contribution is -2.33. The number of hydrogen-bond acceptors (Lipinski definition) is 3. The maximum Gasteiger partial charge on any atom is 0.251 e. The first-order valence-corrected chi connectivity index (χ1v) is 6.00. The van der Waals surface area contributed by atoms with Gasteiger partial charge in [0.05, 0.1) is 12.5 Å². The molecule has 0 spiro atoms. The van der Waals surface area contributed by atoms with Crippen LogP contribution in [-0.4, -0.2) is 30.8 Å². The molecule has 1 unspecified atom stereocenters. The molecule has 0 heterocycles. The van der Waals surface area contributed by atoms with Gasteiger partial charge in [-0.25, -0.2) is 14.6 Å². The summed E-state index contributed by atoms with van der Waals surface area (Å²) in [7, 11) is 1.64. The predicted molar refractivity (Wildman–Crippen MR) is 69.5 cm³/mol. The highest BCUT2D eigenvalue weighted by Crippen LogP contribution is 2.16. The van der Waals surface area contributed by atoms with Gasteiger partial charge >= 0.3 is 0 Å². The average Bonchev–Trinajstić information content (AvgIpc) is 2.36. The number of nitrogens with zero attached hydrogens (tertiary/aromatic N) is 1. The monoisotopic (exact) mass is 271 g/mol. The molecule has 0 radical (unpaired) electrons. The Hall–Kier alpha value is -1.53. The van der Waals surface area contributed by atoms with Crippen molar-refractivity contribution in [1.82, 2.24) is 10.3 Å². The average molecular weight is 271 g/mol. The number of amides is 1. The standard InChI is InChI=1S/C13H19F2N3O/c1-9(13(19)17-16)11-5-3-10(4-6-11)7-18(2)8-12(14)15/h3-6,9,12H,7-8,16H2,1-2H3,(H,17,19). The smallest absolute Gasteiger partial charge is 0.251 e. The van der Waals surface area contributed by atoms with Crippen molar-refractivity contribution in [2.24, 2.45) is 5.84 Å². The minimum absolute atomic E-state index is 0.256. The maximum absolute atomic E-state index is 12.2. The molecule has 0 aliphatic carbocycles. The number of rotatable bonds is 6. The Morgan fingerprint density at radius 1 is 1.37 bits per heavy atom. The Kier molecular flexibility index (Phi) is 5.85. The van der Waals surface area contributed by atoms with Crippen LogP contribution >= 0.6 is 0 Å². The number of carbonyl (C=O) groups is 1. The van der Waals surface area contributed by atoms with Crippen LogP contribution in [-0.2, 0) is 11.3 Å². The van der Waals surface area contributed by atoms with Crippen LogP contribution in [0.15, 0.2) is 24.3 Å². The molecule has 1 amide bonds. The van der Waals surface area contributed by atoms with Crippen molar-refractivity contribution in [3.8, 4) is 0 Å². The van der Waals surface area contributed by atoms with Crippen molar-refractivity contribution in [3.63, 3.8) is 0 Å². The Bertz CT molecular complexity index is 409. The molecule has 1 atom stereocenters. The van der Waals surface area contributed by atoms with E-state index in [1.165, 1.54) is 0 Å². The van der Waals surface area contributed by atoms with Crippen molar-refractivity contribution < 1.29 is 13.6 Å². The van der Waals surface area contributed by atoms with Gasteiger partial charge in [0.2, 0.25) is 5.91 Å². The van der Waals surface area contributed by atoms with Gasteiger partial charge in [-0.1, -0.05) is 24.3 Å². The van der Waals surface area contributed by atoms with E-state index in [0.717, 1.165) is 11.1 Å². The summed E-state index contributed by atoms with van der Waals surface area (Å²) in [6, 6.07) is 7.28. The van der Waals surface area contributed by atoms with E-state index >= 15 is 0 Å². The molecule has 0 saturated carbocycles. The molecule has 19 heavy (non-hydrogen) atoms. The van der Waals surface area contributed by atoms with Crippen molar-refractivity contribution in [1.29, 1.82) is 0 Å².